The number of benzene rings is 1. The van der Waals surface area contributed by atoms with Crippen molar-refractivity contribution in [1.82, 2.24) is 15.1 Å². The van der Waals surface area contributed by atoms with Crippen LogP contribution in [-0.4, -0.2) is 47.2 Å². The lowest BCUT2D eigenvalue weighted by atomic mass is 9.85. The summed E-state index contributed by atoms with van der Waals surface area (Å²) in [5.74, 6) is 1.42. The molecule has 1 aliphatic carbocycles. The largest absolute Gasteiger partial charge is 0.497 e. The molecule has 1 saturated heterocycles. The van der Waals surface area contributed by atoms with Crippen molar-refractivity contribution in [2.45, 2.75) is 56.9 Å². The Hall–Kier alpha value is -2.50. The van der Waals surface area contributed by atoms with Crippen LogP contribution in [0.3, 0.4) is 0 Å². The monoisotopic (exact) mass is 382 g/mol. The van der Waals surface area contributed by atoms with E-state index < -0.39 is 0 Å². The number of hydrogen-bond donors (Lipinski definition) is 2. The van der Waals surface area contributed by atoms with Gasteiger partial charge in [0, 0.05) is 30.7 Å². The molecular formula is C22H30N4O2. The molecular weight excluding hydrogens is 352 g/mol. The summed E-state index contributed by atoms with van der Waals surface area (Å²) in [4.78, 5) is 15.2. The van der Waals surface area contributed by atoms with Gasteiger partial charge in [-0.05, 0) is 49.9 Å². The maximum atomic E-state index is 13.2. The van der Waals surface area contributed by atoms with Gasteiger partial charge in [-0.1, -0.05) is 19.3 Å². The Kier molecular flexibility index (Phi) is 5.84. The van der Waals surface area contributed by atoms with Gasteiger partial charge in [0.1, 0.15) is 5.75 Å². The zero-order chi connectivity index (χ0) is 19.3. The molecule has 28 heavy (non-hydrogen) atoms. The first-order chi connectivity index (χ1) is 13.7. The molecule has 4 rings (SSSR count). The average molecular weight is 383 g/mol. The Balaban J connectivity index is 1.41. The highest BCUT2D eigenvalue weighted by molar-refractivity contribution is 5.95. The van der Waals surface area contributed by atoms with E-state index in [-0.39, 0.29) is 11.9 Å². The second-order valence-electron chi connectivity index (χ2n) is 8.00. The quantitative estimate of drug-likeness (QED) is 0.814. The van der Waals surface area contributed by atoms with E-state index in [1.54, 1.807) is 13.3 Å². The van der Waals surface area contributed by atoms with Crippen LogP contribution in [0.25, 0.3) is 0 Å². The molecule has 6 nitrogen and oxygen atoms in total. The molecule has 2 fully saturated rings. The maximum absolute atomic E-state index is 13.2. The molecule has 1 atom stereocenters. The number of amides is 1. The zero-order valence-electron chi connectivity index (χ0n) is 16.6. The molecule has 6 heteroatoms. The Labute approximate surface area is 166 Å². The Bertz CT molecular complexity index is 780. The molecule has 150 valence electrons. The van der Waals surface area contributed by atoms with E-state index in [1.807, 2.05) is 29.2 Å². The maximum Gasteiger partial charge on any atom is 0.257 e. The summed E-state index contributed by atoms with van der Waals surface area (Å²) in [5.41, 5.74) is 2.89. The summed E-state index contributed by atoms with van der Waals surface area (Å²) in [7, 11) is 1.67. The van der Waals surface area contributed by atoms with Gasteiger partial charge in [0.25, 0.3) is 5.91 Å². The number of ether oxygens (including phenoxy) is 1. The van der Waals surface area contributed by atoms with Gasteiger partial charge in [-0.3, -0.25) is 9.89 Å². The van der Waals surface area contributed by atoms with Crippen molar-refractivity contribution in [1.29, 1.82) is 0 Å². The second kappa shape index (κ2) is 8.67. The lowest BCUT2D eigenvalue weighted by Gasteiger charge is -2.34. The van der Waals surface area contributed by atoms with Gasteiger partial charge >= 0.3 is 0 Å². The molecule has 1 aromatic heterocycles. The average Bonchev–Trinajstić information content (AvgIpc) is 3.24. The third-order valence-electron chi connectivity index (χ3n) is 6.08. The standard InChI is InChI=1S/C22H30N4O2/c1-28-19-11-9-17(10-12-19)24-18-8-5-13-26(15-18)22(27)20-14-23-25-21(20)16-6-3-2-4-7-16/h9-12,14,16,18,24H,2-8,13,15H2,1H3,(H,23,25)/t18-/m1/s1. The smallest absolute Gasteiger partial charge is 0.257 e. The summed E-state index contributed by atoms with van der Waals surface area (Å²) < 4.78 is 5.22. The number of nitrogens with one attached hydrogen (secondary N) is 2. The Morgan fingerprint density at radius 3 is 2.68 bits per heavy atom. The summed E-state index contributed by atoms with van der Waals surface area (Å²) in [6.07, 6.45) is 9.91. The van der Waals surface area contributed by atoms with Crippen molar-refractivity contribution >= 4 is 11.6 Å². The van der Waals surface area contributed by atoms with E-state index in [9.17, 15) is 4.79 Å². The molecule has 0 radical (unpaired) electrons. The van der Waals surface area contributed by atoms with Gasteiger partial charge in [0.2, 0.25) is 0 Å². The molecule has 2 N–H and O–H groups in total. The fraction of sp³-hybridized carbons (Fsp3) is 0.545. The molecule has 2 aromatic rings. The number of carbonyl (C=O) groups excluding carboxylic acids is 1. The highest BCUT2D eigenvalue weighted by Gasteiger charge is 2.29. The first kappa shape index (κ1) is 18.8. The SMILES string of the molecule is COc1ccc(N[C@@H]2CCCN(C(=O)c3cn[nH]c3C3CCCCC3)C2)cc1. The van der Waals surface area contributed by atoms with Gasteiger partial charge in [0.05, 0.1) is 24.6 Å². The van der Waals surface area contributed by atoms with Crippen molar-refractivity contribution < 1.29 is 9.53 Å². The van der Waals surface area contributed by atoms with Gasteiger partial charge in [-0.25, -0.2) is 0 Å². The van der Waals surface area contributed by atoms with Gasteiger partial charge < -0.3 is 15.0 Å². The Morgan fingerprint density at radius 1 is 1.14 bits per heavy atom. The number of nitrogens with zero attached hydrogens (tertiary/aromatic N) is 2. The molecule has 1 aromatic carbocycles. The van der Waals surface area contributed by atoms with Crippen molar-refractivity contribution in [2.24, 2.45) is 0 Å². The first-order valence-electron chi connectivity index (χ1n) is 10.5. The fourth-order valence-electron chi connectivity index (χ4n) is 4.54. The molecule has 0 spiro atoms. The lowest BCUT2D eigenvalue weighted by molar-refractivity contribution is 0.0713. The third-order valence-corrected chi connectivity index (χ3v) is 6.08. The molecule has 2 heterocycles. The predicted octanol–water partition coefficient (Wildman–Crippen LogP) is 4.18. The van der Waals surface area contributed by atoms with Crippen LogP contribution in [0.1, 0.15) is 66.9 Å². The number of H-pyrrole nitrogens is 1. The summed E-state index contributed by atoms with van der Waals surface area (Å²) in [6.45, 7) is 1.54. The highest BCUT2D eigenvalue weighted by atomic mass is 16.5. The van der Waals surface area contributed by atoms with Gasteiger partial charge in [-0.15, -0.1) is 0 Å². The van der Waals surface area contributed by atoms with Crippen LogP contribution < -0.4 is 10.1 Å². The fourth-order valence-corrected chi connectivity index (χ4v) is 4.54. The van der Waals surface area contributed by atoms with Crippen LogP contribution in [0.2, 0.25) is 0 Å². The number of piperidine rings is 1. The van der Waals surface area contributed by atoms with Crippen molar-refractivity contribution in [3.63, 3.8) is 0 Å². The number of anilines is 1. The number of aromatic nitrogens is 2. The predicted molar refractivity (Wildman–Crippen MR) is 110 cm³/mol. The zero-order valence-corrected chi connectivity index (χ0v) is 16.6. The molecule has 2 aliphatic rings. The van der Waals surface area contributed by atoms with Crippen LogP contribution in [0.5, 0.6) is 5.75 Å². The first-order valence-corrected chi connectivity index (χ1v) is 10.5. The number of rotatable bonds is 5. The highest BCUT2D eigenvalue weighted by Crippen LogP contribution is 2.33. The Morgan fingerprint density at radius 2 is 1.93 bits per heavy atom. The second-order valence-corrected chi connectivity index (χ2v) is 8.00. The van der Waals surface area contributed by atoms with E-state index in [2.05, 4.69) is 15.5 Å². The minimum absolute atomic E-state index is 0.121. The third kappa shape index (κ3) is 4.16. The molecule has 0 unspecified atom stereocenters. The van der Waals surface area contributed by atoms with Crippen molar-refractivity contribution in [3.05, 3.63) is 41.7 Å². The summed E-state index contributed by atoms with van der Waals surface area (Å²) >= 11 is 0. The van der Waals surface area contributed by atoms with Crippen LogP contribution in [0.15, 0.2) is 30.5 Å². The van der Waals surface area contributed by atoms with Crippen LogP contribution in [-0.2, 0) is 0 Å². The minimum Gasteiger partial charge on any atom is -0.497 e. The molecule has 0 bridgehead atoms. The van der Waals surface area contributed by atoms with E-state index in [0.717, 1.165) is 61.5 Å². The normalized spacial score (nSPS) is 20.8. The van der Waals surface area contributed by atoms with Crippen LogP contribution in [0, 0.1) is 0 Å². The molecule has 1 amide bonds. The van der Waals surface area contributed by atoms with E-state index in [4.69, 9.17) is 4.74 Å². The topological polar surface area (TPSA) is 70.2 Å². The van der Waals surface area contributed by atoms with Gasteiger partial charge in [0.15, 0.2) is 0 Å². The van der Waals surface area contributed by atoms with Crippen molar-refractivity contribution in [3.8, 4) is 5.75 Å². The number of carbonyl (C=O) groups is 1. The van der Waals surface area contributed by atoms with Gasteiger partial charge in [-0.2, -0.15) is 5.10 Å². The van der Waals surface area contributed by atoms with E-state index in [1.165, 1.54) is 19.3 Å². The van der Waals surface area contributed by atoms with Crippen LogP contribution in [0.4, 0.5) is 5.69 Å². The van der Waals surface area contributed by atoms with Crippen LogP contribution >= 0.6 is 0 Å². The minimum atomic E-state index is 0.121. The lowest BCUT2D eigenvalue weighted by Crippen LogP contribution is -2.45. The summed E-state index contributed by atoms with van der Waals surface area (Å²) in [6, 6.07) is 8.22. The van der Waals surface area contributed by atoms with Crippen molar-refractivity contribution in [2.75, 3.05) is 25.5 Å². The number of aromatic amines is 1. The van der Waals surface area contributed by atoms with E-state index in [0.29, 0.717) is 5.92 Å². The number of methoxy groups -OCH3 is 1. The molecule has 1 aliphatic heterocycles. The molecule has 1 saturated carbocycles. The van der Waals surface area contributed by atoms with E-state index >= 15 is 0 Å². The summed E-state index contributed by atoms with van der Waals surface area (Å²) in [5, 5.41) is 10.9. The number of hydrogen-bond acceptors (Lipinski definition) is 4. The number of likely N-dealkylation sites (tertiary alicyclic amines) is 1.